The van der Waals surface area contributed by atoms with E-state index >= 15 is 0 Å². The fourth-order valence-corrected chi connectivity index (χ4v) is 9.90. The van der Waals surface area contributed by atoms with E-state index in [2.05, 4.69) is 41.5 Å². The molecule has 4 fully saturated rings. The maximum absolute atomic E-state index is 10.3. The van der Waals surface area contributed by atoms with E-state index in [-0.39, 0.29) is 6.10 Å². The molecule has 4 aliphatic rings. The van der Waals surface area contributed by atoms with E-state index in [4.69, 9.17) is 0 Å². The van der Waals surface area contributed by atoms with E-state index in [1.165, 1.54) is 64.2 Å². The molecule has 0 saturated heterocycles. The van der Waals surface area contributed by atoms with Crippen LogP contribution in [-0.2, 0) is 0 Å². The molecule has 0 heterocycles. The maximum Gasteiger partial charge on any atom is 0.0543 e. The molecular formula is C29H52O. The second-order valence-corrected chi connectivity index (χ2v) is 13.3. The largest absolute Gasteiger partial charge is 0.393 e. The van der Waals surface area contributed by atoms with E-state index in [9.17, 15) is 5.11 Å². The molecule has 0 aliphatic heterocycles. The molecule has 0 aromatic heterocycles. The average molecular weight is 417 g/mol. The van der Waals surface area contributed by atoms with Crippen molar-refractivity contribution in [2.24, 2.45) is 58.2 Å². The molecular weight excluding hydrogens is 364 g/mol. The Morgan fingerprint density at radius 1 is 0.833 bits per heavy atom. The van der Waals surface area contributed by atoms with Crippen molar-refractivity contribution in [3.63, 3.8) is 0 Å². The van der Waals surface area contributed by atoms with Crippen LogP contribution in [0.2, 0.25) is 0 Å². The third-order valence-electron chi connectivity index (χ3n) is 11.9. The predicted molar refractivity (Wildman–Crippen MR) is 128 cm³/mol. The average Bonchev–Trinajstić information content (AvgIpc) is 3.06. The van der Waals surface area contributed by atoms with Crippen LogP contribution in [0.4, 0.5) is 0 Å². The number of hydrogen-bond acceptors (Lipinski definition) is 1. The monoisotopic (exact) mass is 416 g/mol. The van der Waals surface area contributed by atoms with Crippen LogP contribution < -0.4 is 0 Å². The standard InChI is InChI=1S/C29H52O/c1-7-21(19(2)3)9-8-20(4)25-12-13-26-24-11-10-22-18-23(30)14-16-28(22,5)27(24)15-17-29(25,26)6/h19-27,30H,7-18H2,1-6H3/t20-,21?,22-,23-,24+,25-,26+,27+,28+,29-/m1/s1. The molecule has 0 bridgehead atoms. The van der Waals surface area contributed by atoms with Crippen molar-refractivity contribution in [2.75, 3.05) is 0 Å². The summed E-state index contributed by atoms with van der Waals surface area (Å²) in [7, 11) is 0. The molecule has 0 radical (unpaired) electrons. The first-order chi connectivity index (χ1) is 14.2. The summed E-state index contributed by atoms with van der Waals surface area (Å²) in [4.78, 5) is 0. The van der Waals surface area contributed by atoms with Crippen molar-refractivity contribution in [1.82, 2.24) is 0 Å². The third kappa shape index (κ3) is 3.82. The number of fused-ring (bicyclic) bond motifs is 5. The Balaban J connectivity index is 1.45. The molecule has 1 heteroatoms. The molecule has 1 nitrogen and oxygen atoms in total. The van der Waals surface area contributed by atoms with Crippen molar-refractivity contribution >= 4 is 0 Å². The van der Waals surface area contributed by atoms with Gasteiger partial charge in [-0.2, -0.15) is 0 Å². The summed E-state index contributed by atoms with van der Waals surface area (Å²) >= 11 is 0. The lowest BCUT2D eigenvalue weighted by atomic mass is 9.44. The van der Waals surface area contributed by atoms with E-state index in [1.807, 2.05) is 0 Å². The van der Waals surface area contributed by atoms with Gasteiger partial charge in [-0.15, -0.1) is 0 Å². The zero-order valence-electron chi connectivity index (χ0n) is 21.1. The number of aliphatic hydroxyl groups excluding tert-OH is 1. The number of rotatable bonds is 6. The Labute approximate surface area is 188 Å². The highest BCUT2D eigenvalue weighted by Crippen LogP contribution is 2.68. The summed E-state index contributed by atoms with van der Waals surface area (Å²) < 4.78 is 0. The van der Waals surface area contributed by atoms with Gasteiger partial charge in [-0.25, -0.2) is 0 Å². The molecule has 4 saturated carbocycles. The Kier molecular flexibility index (Phi) is 6.72. The third-order valence-corrected chi connectivity index (χ3v) is 11.9. The Morgan fingerprint density at radius 2 is 1.53 bits per heavy atom. The zero-order valence-corrected chi connectivity index (χ0v) is 21.1. The fourth-order valence-electron chi connectivity index (χ4n) is 9.90. The predicted octanol–water partition coefficient (Wildman–Crippen LogP) is 8.10. The zero-order chi connectivity index (χ0) is 21.7. The first kappa shape index (κ1) is 23.1. The van der Waals surface area contributed by atoms with Crippen LogP contribution in [0.5, 0.6) is 0 Å². The van der Waals surface area contributed by atoms with Crippen molar-refractivity contribution in [3.8, 4) is 0 Å². The van der Waals surface area contributed by atoms with Crippen molar-refractivity contribution in [3.05, 3.63) is 0 Å². The number of hydrogen-bond donors (Lipinski definition) is 1. The molecule has 174 valence electrons. The van der Waals surface area contributed by atoms with Gasteiger partial charge in [0.25, 0.3) is 0 Å². The second-order valence-electron chi connectivity index (χ2n) is 13.3. The van der Waals surface area contributed by atoms with Crippen LogP contribution in [0.25, 0.3) is 0 Å². The summed E-state index contributed by atoms with van der Waals surface area (Å²) in [5, 5.41) is 10.3. The topological polar surface area (TPSA) is 20.2 Å². The SMILES string of the molecule is CCC(CC[C@@H](C)[C@H]1CC[C@H]2[C@@H]3CC[C@@H]4C[C@H](O)CC[C@]4(C)[C@H]3CC[C@]12C)C(C)C. The summed E-state index contributed by atoms with van der Waals surface area (Å²) in [6.45, 7) is 15.2. The normalized spacial score (nSPS) is 48.0. The van der Waals surface area contributed by atoms with E-state index in [1.54, 1.807) is 0 Å². The van der Waals surface area contributed by atoms with Gasteiger partial charge in [-0.1, -0.05) is 54.4 Å². The quantitative estimate of drug-likeness (QED) is 0.463. The highest BCUT2D eigenvalue weighted by molar-refractivity contribution is 5.09. The highest BCUT2D eigenvalue weighted by Gasteiger charge is 2.60. The van der Waals surface area contributed by atoms with E-state index in [0.29, 0.717) is 10.8 Å². The molecule has 4 rings (SSSR count). The minimum atomic E-state index is -0.0111. The van der Waals surface area contributed by atoms with Crippen LogP contribution in [0.3, 0.4) is 0 Å². The molecule has 0 aromatic carbocycles. The summed E-state index contributed by atoms with van der Waals surface area (Å²) in [6, 6.07) is 0. The molecule has 4 aliphatic carbocycles. The van der Waals surface area contributed by atoms with Gasteiger partial charge in [-0.05, 0) is 122 Å². The molecule has 1 unspecified atom stereocenters. The highest BCUT2D eigenvalue weighted by atomic mass is 16.3. The van der Waals surface area contributed by atoms with E-state index in [0.717, 1.165) is 60.2 Å². The molecule has 1 N–H and O–H groups in total. The van der Waals surface area contributed by atoms with Crippen LogP contribution in [0.15, 0.2) is 0 Å². The van der Waals surface area contributed by atoms with E-state index < -0.39 is 0 Å². The van der Waals surface area contributed by atoms with Gasteiger partial charge < -0.3 is 5.11 Å². The minimum Gasteiger partial charge on any atom is -0.393 e. The Morgan fingerprint density at radius 3 is 2.23 bits per heavy atom. The summed E-state index contributed by atoms with van der Waals surface area (Å²) in [5.41, 5.74) is 1.14. The summed E-state index contributed by atoms with van der Waals surface area (Å²) in [5.74, 6) is 7.34. The van der Waals surface area contributed by atoms with Crippen LogP contribution in [0.1, 0.15) is 119 Å². The molecule has 0 amide bonds. The second kappa shape index (κ2) is 8.72. The van der Waals surface area contributed by atoms with Crippen LogP contribution in [-0.4, -0.2) is 11.2 Å². The van der Waals surface area contributed by atoms with Gasteiger partial charge in [0.2, 0.25) is 0 Å². The Hall–Kier alpha value is -0.0400. The van der Waals surface area contributed by atoms with Gasteiger partial charge in [0.15, 0.2) is 0 Å². The molecule has 10 atom stereocenters. The first-order valence-corrected chi connectivity index (χ1v) is 13.9. The maximum atomic E-state index is 10.3. The molecule has 0 spiro atoms. The van der Waals surface area contributed by atoms with Crippen LogP contribution in [0, 0.1) is 58.2 Å². The van der Waals surface area contributed by atoms with Gasteiger partial charge in [-0.3, -0.25) is 0 Å². The lowest BCUT2D eigenvalue weighted by molar-refractivity contribution is -0.129. The minimum absolute atomic E-state index is 0.0111. The van der Waals surface area contributed by atoms with Gasteiger partial charge >= 0.3 is 0 Å². The van der Waals surface area contributed by atoms with Crippen molar-refractivity contribution < 1.29 is 5.11 Å². The molecule has 0 aromatic rings. The van der Waals surface area contributed by atoms with Gasteiger partial charge in [0, 0.05) is 0 Å². The van der Waals surface area contributed by atoms with Crippen molar-refractivity contribution in [2.45, 2.75) is 125 Å². The van der Waals surface area contributed by atoms with Crippen LogP contribution >= 0.6 is 0 Å². The Bertz CT molecular complexity index is 583. The lowest BCUT2D eigenvalue weighted by Gasteiger charge is -2.61. The lowest BCUT2D eigenvalue weighted by Crippen LogP contribution is -2.54. The number of aliphatic hydroxyl groups is 1. The molecule has 30 heavy (non-hydrogen) atoms. The van der Waals surface area contributed by atoms with Crippen molar-refractivity contribution in [1.29, 1.82) is 0 Å². The smallest absolute Gasteiger partial charge is 0.0543 e. The van der Waals surface area contributed by atoms with Gasteiger partial charge in [0.05, 0.1) is 6.10 Å². The fraction of sp³-hybridized carbons (Fsp3) is 1.00. The van der Waals surface area contributed by atoms with Gasteiger partial charge in [0.1, 0.15) is 0 Å². The summed E-state index contributed by atoms with van der Waals surface area (Å²) in [6.07, 6.45) is 16.5. The first-order valence-electron chi connectivity index (χ1n) is 13.9.